The number of aromatic hydroxyl groups is 1. The first kappa shape index (κ1) is 19.2. The Balaban J connectivity index is 2.06. The van der Waals surface area contributed by atoms with Crippen LogP contribution in [-0.4, -0.2) is 46.1 Å². The standard InChI is InChI=1S/C19H28N2O4/c1-12-7-9-21(10-8-17(23)20-14(3)19(24)25)18(13(12)2)15-5-4-6-16(22)11-15/h4-6,11-14,18,22H,7-10H2,1-3H3,(H,20,23)(H,24,25)/t12-,13-,14-,18?/m1/s1. The summed E-state index contributed by atoms with van der Waals surface area (Å²) in [6.45, 7) is 7.35. The number of carboxylic acids is 1. The van der Waals surface area contributed by atoms with Crippen LogP contribution in [-0.2, 0) is 9.59 Å². The third-order valence-corrected chi connectivity index (χ3v) is 5.25. The molecule has 3 N–H and O–H groups in total. The Morgan fingerprint density at radius 2 is 2.08 bits per heavy atom. The number of nitrogens with one attached hydrogen (secondary N) is 1. The van der Waals surface area contributed by atoms with Gasteiger partial charge in [0.1, 0.15) is 11.8 Å². The highest BCUT2D eigenvalue weighted by Crippen LogP contribution is 2.39. The maximum absolute atomic E-state index is 12.0. The number of phenols is 1. The molecule has 1 aliphatic rings. The molecule has 0 aromatic heterocycles. The van der Waals surface area contributed by atoms with Crippen LogP contribution in [0.5, 0.6) is 5.75 Å². The van der Waals surface area contributed by atoms with E-state index in [0.29, 0.717) is 18.4 Å². The summed E-state index contributed by atoms with van der Waals surface area (Å²) >= 11 is 0. The summed E-state index contributed by atoms with van der Waals surface area (Å²) in [5.74, 6) is -0.0841. The molecule has 1 unspecified atom stereocenters. The minimum atomic E-state index is -1.04. The highest BCUT2D eigenvalue weighted by Gasteiger charge is 2.34. The number of benzene rings is 1. The van der Waals surface area contributed by atoms with Gasteiger partial charge in [0.25, 0.3) is 0 Å². The molecule has 2 rings (SSSR count). The summed E-state index contributed by atoms with van der Waals surface area (Å²) < 4.78 is 0. The molecule has 6 heteroatoms. The Hall–Kier alpha value is -2.08. The molecule has 1 amide bonds. The second-order valence-electron chi connectivity index (χ2n) is 7.08. The normalized spacial score (nSPS) is 25.3. The molecule has 1 aromatic rings. The molecule has 0 aliphatic carbocycles. The lowest BCUT2D eigenvalue weighted by Crippen LogP contribution is -2.44. The SMILES string of the molecule is C[C@@H]1CCN(CCC(=O)N[C@H](C)C(=O)O)C(c2cccc(O)c2)[C@@H]1C. The van der Waals surface area contributed by atoms with Crippen LogP contribution >= 0.6 is 0 Å². The molecule has 0 radical (unpaired) electrons. The van der Waals surface area contributed by atoms with E-state index in [2.05, 4.69) is 24.1 Å². The van der Waals surface area contributed by atoms with Crippen LogP contribution in [0.15, 0.2) is 24.3 Å². The molecule has 1 fully saturated rings. The molecule has 1 heterocycles. The molecule has 25 heavy (non-hydrogen) atoms. The van der Waals surface area contributed by atoms with E-state index in [0.717, 1.165) is 18.5 Å². The zero-order chi connectivity index (χ0) is 18.6. The summed E-state index contributed by atoms with van der Waals surface area (Å²) in [6, 6.07) is 6.56. The van der Waals surface area contributed by atoms with Gasteiger partial charge in [0, 0.05) is 19.0 Å². The molecule has 0 saturated carbocycles. The van der Waals surface area contributed by atoms with Crippen molar-refractivity contribution in [2.24, 2.45) is 11.8 Å². The Morgan fingerprint density at radius 1 is 1.36 bits per heavy atom. The fraction of sp³-hybridized carbons (Fsp3) is 0.579. The van der Waals surface area contributed by atoms with Gasteiger partial charge < -0.3 is 15.5 Å². The number of carbonyl (C=O) groups excluding carboxylic acids is 1. The minimum absolute atomic E-state index is 0.139. The van der Waals surface area contributed by atoms with E-state index in [1.165, 1.54) is 6.92 Å². The van der Waals surface area contributed by atoms with Crippen molar-refractivity contribution in [3.05, 3.63) is 29.8 Å². The molecule has 0 spiro atoms. The second kappa shape index (κ2) is 8.34. The van der Waals surface area contributed by atoms with Gasteiger partial charge >= 0.3 is 5.97 Å². The first-order valence-corrected chi connectivity index (χ1v) is 8.84. The van der Waals surface area contributed by atoms with Gasteiger partial charge in [-0.2, -0.15) is 0 Å². The van der Waals surface area contributed by atoms with Crippen LogP contribution in [0, 0.1) is 11.8 Å². The lowest BCUT2D eigenvalue weighted by molar-refractivity contribution is -0.141. The largest absolute Gasteiger partial charge is 0.508 e. The first-order valence-electron chi connectivity index (χ1n) is 8.84. The number of nitrogens with zero attached hydrogens (tertiary/aromatic N) is 1. The van der Waals surface area contributed by atoms with Crippen LogP contribution in [0.25, 0.3) is 0 Å². The van der Waals surface area contributed by atoms with Crippen molar-refractivity contribution in [3.63, 3.8) is 0 Å². The summed E-state index contributed by atoms with van der Waals surface area (Å²) in [7, 11) is 0. The maximum atomic E-state index is 12.0. The minimum Gasteiger partial charge on any atom is -0.508 e. The number of likely N-dealkylation sites (tertiary alicyclic amines) is 1. The quantitative estimate of drug-likeness (QED) is 0.734. The van der Waals surface area contributed by atoms with Gasteiger partial charge in [-0.05, 0) is 49.4 Å². The average molecular weight is 348 g/mol. The number of phenolic OH excluding ortho intramolecular Hbond substituents is 1. The van der Waals surface area contributed by atoms with E-state index in [1.807, 2.05) is 12.1 Å². The fourth-order valence-corrected chi connectivity index (χ4v) is 3.51. The van der Waals surface area contributed by atoms with Crippen molar-refractivity contribution in [2.45, 2.75) is 45.7 Å². The monoisotopic (exact) mass is 348 g/mol. The van der Waals surface area contributed by atoms with Crippen molar-refractivity contribution < 1.29 is 19.8 Å². The van der Waals surface area contributed by atoms with E-state index in [9.17, 15) is 14.7 Å². The second-order valence-corrected chi connectivity index (χ2v) is 7.08. The number of aliphatic carboxylic acids is 1. The van der Waals surface area contributed by atoms with E-state index >= 15 is 0 Å². The number of amides is 1. The third kappa shape index (κ3) is 4.95. The highest BCUT2D eigenvalue weighted by atomic mass is 16.4. The van der Waals surface area contributed by atoms with E-state index < -0.39 is 12.0 Å². The van der Waals surface area contributed by atoms with Gasteiger partial charge in [-0.25, -0.2) is 0 Å². The number of carboxylic acid groups (broad SMARTS) is 1. The average Bonchev–Trinajstić information content (AvgIpc) is 2.55. The molecular weight excluding hydrogens is 320 g/mol. The van der Waals surface area contributed by atoms with Crippen LogP contribution in [0.3, 0.4) is 0 Å². The lowest BCUT2D eigenvalue weighted by Gasteiger charge is -2.43. The number of rotatable bonds is 6. The Bertz CT molecular complexity index is 619. The Kier molecular flexibility index (Phi) is 6.42. The predicted octanol–water partition coefficient (Wildman–Crippen LogP) is 2.39. The maximum Gasteiger partial charge on any atom is 0.325 e. The van der Waals surface area contributed by atoms with Gasteiger partial charge in [-0.15, -0.1) is 0 Å². The summed E-state index contributed by atoms with van der Waals surface area (Å²) in [6.07, 6.45) is 1.32. The number of hydrogen-bond acceptors (Lipinski definition) is 4. The zero-order valence-electron chi connectivity index (χ0n) is 15.1. The van der Waals surface area contributed by atoms with E-state index in [4.69, 9.17) is 5.11 Å². The van der Waals surface area contributed by atoms with Crippen molar-refractivity contribution in [1.29, 1.82) is 0 Å². The van der Waals surface area contributed by atoms with Gasteiger partial charge in [0.05, 0.1) is 0 Å². The highest BCUT2D eigenvalue weighted by molar-refractivity contribution is 5.83. The molecule has 1 aromatic carbocycles. The molecule has 4 atom stereocenters. The van der Waals surface area contributed by atoms with Gasteiger partial charge in [-0.3, -0.25) is 14.5 Å². The van der Waals surface area contributed by atoms with E-state index in [-0.39, 0.29) is 24.1 Å². The number of hydrogen-bond donors (Lipinski definition) is 3. The zero-order valence-corrected chi connectivity index (χ0v) is 15.1. The summed E-state index contributed by atoms with van der Waals surface area (Å²) in [5.41, 5.74) is 1.05. The number of piperidine rings is 1. The van der Waals surface area contributed by atoms with Crippen molar-refractivity contribution >= 4 is 11.9 Å². The predicted molar refractivity (Wildman–Crippen MR) is 95.2 cm³/mol. The summed E-state index contributed by atoms with van der Waals surface area (Å²) in [4.78, 5) is 25.1. The molecule has 1 aliphatic heterocycles. The fourth-order valence-electron chi connectivity index (χ4n) is 3.51. The van der Waals surface area contributed by atoms with E-state index in [1.54, 1.807) is 12.1 Å². The summed E-state index contributed by atoms with van der Waals surface area (Å²) in [5, 5.41) is 21.2. The van der Waals surface area contributed by atoms with Crippen molar-refractivity contribution in [2.75, 3.05) is 13.1 Å². The molecule has 138 valence electrons. The van der Waals surface area contributed by atoms with Gasteiger partial charge in [0.15, 0.2) is 0 Å². The van der Waals surface area contributed by atoms with Crippen LogP contribution in [0.4, 0.5) is 0 Å². The third-order valence-electron chi connectivity index (χ3n) is 5.25. The van der Waals surface area contributed by atoms with Crippen LogP contribution < -0.4 is 5.32 Å². The Morgan fingerprint density at radius 3 is 2.72 bits per heavy atom. The lowest BCUT2D eigenvalue weighted by atomic mass is 9.79. The molecule has 6 nitrogen and oxygen atoms in total. The number of carbonyl (C=O) groups is 2. The van der Waals surface area contributed by atoms with Crippen LogP contribution in [0.1, 0.15) is 45.2 Å². The molecule has 0 bridgehead atoms. The van der Waals surface area contributed by atoms with Gasteiger partial charge in [-0.1, -0.05) is 26.0 Å². The topological polar surface area (TPSA) is 89.9 Å². The van der Waals surface area contributed by atoms with Crippen molar-refractivity contribution in [1.82, 2.24) is 10.2 Å². The molecule has 1 saturated heterocycles. The molecular formula is C19H28N2O4. The Labute approximate surface area is 148 Å². The van der Waals surface area contributed by atoms with Crippen molar-refractivity contribution in [3.8, 4) is 5.75 Å². The smallest absolute Gasteiger partial charge is 0.325 e. The first-order chi connectivity index (χ1) is 11.8. The van der Waals surface area contributed by atoms with Crippen LogP contribution in [0.2, 0.25) is 0 Å². The van der Waals surface area contributed by atoms with Gasteiger partial charge in [0.2, 0.25) is 5.91 Å².